The lowest BCUT2D eigenvalue weighted by Crippen LogP contribution is -2.27. The Balaban J connectivity index is 2.28. The Hall–Kier alpha value is -0.820. The van der Waals surface area contributed by atoms with Gasteiger partial charge >= 0.3 is 0 Å². The van der Waals surface area contributed by atoms with Crippen LogP contribution in [0.4, 0.5) is 0 Å². The molecule has 0 spiro atoms. The van der Waals surface area contributed by atoms with Crippen molar-refractivity contribution in [1.29, 1.82) is 0 Å². The van der Waals surface area contributed by atoms with Crippen LogP contribution in [0.15, 0.2) is 18.2 Å². The molecule has 0 aliphatic heterocycles. The average molecular weight is 231 g/mol. The Bertz CT molecular complexity index is 383. The van der Waals surface area contributed by atoms with Crippen molar-refractivity contribution in [2.75, 3.05) is 7.05 Å². The van der Waals surface area contributed by atoms with Crippen molar-refractivity contribution in [2.45, 2.75) is 46.1 Å². The van der Waals surface area contributed by atoms with E-state index in [9.17, 15) is 0 Å². The monoisotopic (exact) mass is 231 g/mol. The molecule has 1 nitrogen and oxygen atoms in total. The number of nitrogens with one attached hydrogen (secondary N) is 1. The average Bonchev–Trinajstić information content (AvgIpc) is 2.69. The maximum absolute atomic E-state index is 3.55. The van der Waals surface area contributed by atoms with E-state index in [-0.39, 0.29) is 0 Å². The molecule has 17 heavy (non-hydrogen) atoms. The summed E-state index contributed by atoms with van der Waals surface area (Å²) >= 11 is 0. The molecule has 0 saturated heterocycles. The molecule has 1 aliphatic carbocycles. The van der Waals surface area contributed by atoms with Gasteiger partial charge in [0, 0.05) is 6.04 Å². The number of aryl methyl sites for hydroxylation is 2. The van der Waals surface area contributed by atoms with Gasteiger partial charge in [0.1, 0.15) is 0 Å². The third kappa shape index (κ3) is 2.55. The van der Waals surface area contributed by atoms with Crippen molar-refractivity contribution in [3.05, 3.63) is 34.9 Å². The Morgan fingerprint density at radius 1 is 1.24 bits per heavy atom. The molecule has 1 aromatic carbocycles. The van der Waals surface area contributed by atoms with Crippen molar-refractivity contribution >= 4 is 0 Å². The molecule has 2 rings (SSSR count). The Labute approximate surface area is 106 Å². The van der Waals surface area contributed by atoms with Gasteiger partial charge < -0.3 is 5.32 Å². The molecule has 0 amide bonds. The highest BCUT2D eigenvalue weighted by Gasteiger charge is 2.31. The summed E-state index contributed by atoms with van der Waals surface area (Å²) in [5.74, 6) is 1.66. The van der Waals surface area contributed by atoms with Crippen LogP contribution in [0.5, 0.6) is 0 Å². The normalized spacial score (nSPS) is 26.1. The smallest absolute Gasteiger partial charge is 0.0351 e. The highest BCUT2D eigenvalue weighted by atomic mass is 14.9. The van der Waals surface area contributed by atoms with E-state index in [1.54, 1.807) is 0 Å². The predicted octanol–water partition coefficient (Wildman–Crippen LogP) is 4.00. The minimum absolute atomic E-state index is 0.535. The van der Waals surface area contributed by atoms with E-state index < -0.39 is 0 Å². The van der Waals surface area contributed by atoms with Crippen LogP contribution in [0.25, 0.3) is 0 Å². The summed E-state index contributed by atoms with van der Waals surface area (Å²) in [7, 11) is 2.11. The van der Waals surface area contributed by atoms with Gasteiger partial charge in [-0.2, -0.15) is 0 Å². The van der Waals surface area contributed by atoms with E-state index in [0.717, 1.165) is 11.8 Å². The summed E-state index contributed by atoms with van der Waals surface area (Å²) in [6, 6.07) is 7.40. The zero-order valence-electron chi connectivity index (χ0n) is 11.6. The maximum atomic E-state index is 3.55. The molecule has 94 valence electrons. The molecule has 1 saturated carbocycles. The molecule has 3 unspecified atom stereocenters. The number of hydrogen-bond acceptors (Lipinski definition) is 1. The van der Waals surface area contributed by atoms with Crippen LogP contribution in [-0.4, -0.2) is 7.05 Å². The fourth-order valence-electron chi connectivity index (χ4n) is 3.44. The van der Waals surface area contributed by atoms with Gasteiger partial charge in [-0.15, -0.1) is 0 Å². The molecule has 1 heteroatoms. The first kappa shape index (κ1) is 12.6. The molecule has 0 heterocycles. The van der Waals surface area contributed by atoms with E-state index in [1.165, 1.54) is 36.0 Å². The summed E-state index contributed by atoms with van der Waals surface area (Å²) in [6.45, 7) is 6.82. The summed E-state index contributed by atoms with van der Waals surface area (Å²) in [5, 5.41) is 3.55. The molecule has 0 radical (unpaired) electrons. The van der Waals surface area contributed by atoms with Crippen LogP contribution in [0.3, 0.4) is 0 Å². The standard InChI is InChI=1S/C16H25N/c1-11-8-9-15(13(3)10-11)16(17-4)14-7-5-6-12(14)2/h8-10,12,14,16-17H,5-7H2,1-4H3. The first-order valence-corrected chi connectivity index (χ1v) is 6.88. The van der Waals surface area contributed by atoms with Gasteiger partial charge in [-0.25, -0.2) is 0 Å². The SMILES string of the molecule is CNC(c1ccc(C)cc1C)C1CCCC1C. The van der Waals surface area contributed by atoms with Crippen LogP contribution in [0, 0.1) is 25.7 Å². The highest BCUT2D eigenvalue weighted by molar-refractivity contribution is 5.33. The van der Waals surface area contributed by atoms with E-state index in [4.69, 9.17) is 0 Å². The summed E-state index contributed by atoms with van der Waals surface area (Å²) in [4.78, 5) is 0. The highest BCUT2D eigenvalue weighted by Crippen LogP contribution is 2.40. The Morgan fingerprint density at radius 2 is 2.00 bits per heavy atom. The predicted molar refractivity (Wildman–Crippen MR) is 74.2 cm³/mol. The topological polar surface area (TPSA) is 12.0 Å². The van der Waals surface area contributed by atoms with E-state index in [2.05, 4.69) is 51.3 Å². The molecular formula is C16H25N. The Morgan fingerprint density at radius 3 is 2.53 bits per heavy atom. The zero-order chi connectivity index (χ0) is 12.4. The molecule has 0 aromatic heterocycles. The molecular weight excluding hydrogens is 206 g/mol. The third-order valence-corrected chi connectivity index (χ3v) is 4.43. The fraction of sp³-hybridized carbons (Fsp3) is 0.625. The lowest BCUT2D eigenvalue weighted by molar-refractivity contribution is 0.314. The molecule has 1 aliphatic rings. The second-order valence-corrected chi connectivity index (χ2v) is 5.70. The quantitative estimate of drug-likeness (QED) is 0.829. The fourth-order valence-corrected chi connectivity index (χ4v) is 3.44. The maximum Gasteiger partial charge on any atom is 0.0351 e. The van der Waals surface area contributed by atoms with Gasteiger partial charge in [0.15, 0.2) is 0 Å². The van der Waals surface area contributed by atoms with Crippen LogP contribution < -0.4 is 5.32 Å². The van der Waals surface area contributed by atoms with E-state index in [0.29, 0.717) is 6.04 Å². The second-order valence-electron chi connectivity index (χ2n) is 5.70. The summed E-state index contributed by atoms with van der Waals surface area (Å²) in [5.41, 5.74) is 4.29. The van der Waals surface area contributed by atoms with Crippen molar-refractivity contribution in [1.82, 2.24) is 5.32 Å². The van der Waals surface area contributed by atoms with E-state index >= 15 is 0 Å². The van der Waals surface area contributed by atoms with Crippen molar-refractivity contribution in [3.8, 4) is 0 Å². The molecule has 3 atom stereocenters. The van der Waals surface area contributed by atoms with Crippen LogP contribution >= 0.6 is 0 Å². The lowest BCUT2D eigenvalue weighted by atomic mass is 9.84. The lowest BCUT2D eigenvalue weighted by Gasteiger charge is -2.28. The largest absolute Gasteiger partial charge is 0.313 e. The van der Waals surface area contributed by atoms with Gasteiger partial charge in [0.25, 0.3) is 0 Å². The molecule has 1 N–H and O–H groups in total. The number of benzene rings is 1. The van der Waals surface area contributed by atoms with Gasteiger partial charge in [-0.3, -0.25) is 0 Å². The second kappa shape index (κ2) is 5.22. The van der Waals surface area contributed by atoms with Crippen LogP contribution in [0.1, 0.15) is 48.9 Å². The minimum atomic E-state index is 0.535. The van der Waals surface area contributed by atoms with E-state index in [1.807, 2.05) is 0 Å². The van der Waals surface area contributed by atoms with Gasteiger partial charge in [0.05, 0.1) is 0 Å². The van der Waals surface area contributed by atoms with Gasteiger partial charge in [-0.05, 0) is 50.3 Å². The van der Waals surface area contributed by atoms with Crippen molar-refractivity contribution in [2.24, 2.45) is 11.8 Å². The number of hydrogen-bond donors (Lipinski definition) is 1. The molecule has 0 bridgehead atoms. The molecule has 1 aromatic rings. The van der Waals surface area contributed by atoms with Crippen molar-refractivity contribution < 1.29 is 0 Å². The number of rotatable bonds is 3. The Kier molecular flexibility index (Phi) is 3.88. The van der Waals surface area contributed by atoms with Gasteiger partial charge in [-0.1, -0.05) is 43.5 Å². The zero-order valence-corrected chi connectivity index (χ0v) is 11.6. The summed E-state index contributed by atoms with van der Waals surface area (Å²) < 4.78 is 0. The van der Waals surface area contributed by atoms with Crippen LogP contribution in [-0.2, 0) is 0 Å². The van der Waals surface area contributed by atoms with Gasteiger partial charge in [0.2, 0.25) is 0 Å². The first-order chi connectivity index (χ1) is 8.13. The minimum Gasteiger partial charge on any atom is -0.313 e. The molecule has 1 fully saturated rings. The first-order valence-electron chi connectivity index (χ1n) is 6.88. The van der Waals surface area contributed by atoms with Crippen molar-refractivity contribution in [3.63, 3.8) is 0 Å². The van der Waals surface area contributed by atoms with Crippen LogP contribution in [0.2, 0.25) is 0 Å². The summed E-state index contributed by atoms with van der Waals surface area (Å²) in [6.07, 6.45) is 4.17. The third-order valence-electron chi connectivity index (χ3n) is 4.43.